The summed E-state index contributed by atoms with van der Waals surface area (Å²) in [5, 5.41) is 12.0. The van der Waals surface area contributed by atoms with Crippen LogP contribution in [0.5, 0.6) is 11.5 Å². The second-order valence-corrected chi connectivity index (χ2v) is 10.4. The number of rotatable bonds is 12. The Kier molecular flexibility index (Phi) is 10.1. The number of methoxy groups -OCH3 is 2. The summed E-state index contributed by atoms with van der Waals surface area (Å²) in [5.41, 5.74) is 0.613. The van der Waals surface area contributed by atoms with Crippen molar-refractivity contribution in [3.63, 3.8) is 0 Å². The van der Waals surface area contributed by atoms with Crippen LogP contribution in [0.1, 0.15) is 44.4 Å². The minimum Gasteiger partial charge on any atom is -0.497 e. The summed E-state index contributed by atoms with van der Waals surface area (Å²) in [5.74, 6) is 0.634. The molecule has 39 heavy (non-hydrogen) atoms. The number of ether oxygens (including phenoxy) is 3. The van der Waals surface area contributed by atoms with Crippen LogP contribution in [-0.2, 0) is 16.1 Å². The van der Waals surface area contributed by atoms with Crippen molar-refractivity contribution in [3.05, 3.63) is 58.7 Å². The van der Waals surface area contributed by atoms with E-state index in [0.29, 0.717) is 33.7 Å². The average Bonchev–Trinajstić information content (AvgIpc) is 3.47. The van der Waals surface area contributed by atoms with Gasteiger partial charge in [-0.2, -0.15) is 0 Å². The third kappa shape index (κ3) is 6.98. The van der Waals surface area contributed by atoms with Gasteiger partial charge < -0.3 is 24.4 Å². The fraction of sp³-hybridized carbons (Fsp3) is 0.346. The molecule has 0 spiro atoms. The van der Waals surface area contributed by atoms with E-state index in [1.54, 1.807) is 58.5 Å². The van der Waals surface area contributed by atoms with E-state index in [2.05, 4.69) is 22.1 Å². The van der Waals surface area contributed by atoms with Crippen molar-refractivity contribution in [1.82, 2.24) is 19.7 Å². The van der Waals surface area contributed by atoms with Crippen LogP contribution in [0.2, 0.25) is 0 Å². The Labute approximate surface area is 235 Å². The predicted octanol–water partition coefficient (Wildman–Crippen LogP) is 4.20. The highest BCUT2D eigenvalue weighted by atomic mass is 32.2. The largest absolute Gasteiger partial charge is 0.497 e. The van der Waals surface area contributed by atoms with Gasteiger partial charge in [-0.15, -0.1) is 28.1 Å². The van der Waals surface area contributed by atoms with Gasteiger partial charge >= 0.3 is 5.97 Å². The van der Waals surface area contributed by atoms with Gasteiger partial charge in [0.25, 0.3) is 5.91 Å². The topological polar surface area (TPSA) is 125 Å². The highest BCUT2D eigenvalue weighted by molar-refractivity contribution is 7.99. The Morgan fingerprint density at radius 3 is 2.44 bits per heavy atom. The zero-order chi connectivity index (χ0) is 28.7. The number of hydrogen-bond donors (Lipinski definition) is 1. The summed E-state index contributed by atoms with van der Waals surface area (Å²) in [6.45, 7) is 7.73. The van der Waals surface area contributed by atoms with Gasteiger partial charge in [-0.05, 0) is 43.7 Å². The van der Waals surface area contributed by atoms with Gasteiger partial charge in [-0.25, -0.2) is 4.79 Å². The zero-order valence-corrected chi connectivity index (χ0v) is 24.3. The smallest absolute Gasteiger partial charge is 0.341 e. The molecular formula is C26H31N5O6S2. The van der Waals surface area contributed by atoms with Crippen molar-refractivity contribution in [2.45, 2.75) is 31.7 Å². The normalized spacial score (nSPS) is 11.4. The number of carbonyl (C=O) groups excluding carboxylic acids is 3. The zero-order valence-electron chi connectivity index (χ0n) is 22.6. The number of thiophene rings is 1. The van der Waals surface area contributed by atoms with Crippen molar-refractivity contribution in [1.29, 1.82) is 0 Å². The fourth-order valence-electron chi connectivity index (χ4n) is 3.57. The molecular weight excluding hydrogens is 542 g/mol. The number of anilines is 1. The molecule has 13 heteroatoms. The lowest BCUT2D eigenvalue weighted by Crippen LogP contribution is -2.21. The maximum atomic E-state index is 12.9. The van der Waals surface area contributed by atoms with E-state index in [9.17, 15) is 14.4 Å². The van der Waals surface area contributed by atoms with E-state index in [4.69, 9.17) is 14.2 Å². The molecule has 0 saturated heterocycles. The van der Waals surface area contributed by atoms with Gasteiger partial charge in [0.15, 0.2) is 17.1 Å². The number of nitrogens with zero attached hydrogens (tertiary/aromatic N) is 4. The van der Waals surface area contributed by atoms with Crippen LogP contribution in [0.4, 0.5) is 5.00 Å². The van der Waals surface area contributed by atoms with E-state index < -0.39 is 12.1 Å². The van der Waals surface area contributed by atoms with Crippen molar-refractivity contribution in [2.24, 2.45) is 0 Å². The van der Waals surface area contributed by atoms with E-state index in [-0.39, 0.29) is 28.1 Å². The molecule has 1 unspecified atom stereocenters. The minimum absolute atomic E-state index is 0.0164. The van der Waals surface area contributed by atoms with Crippen LogP contribution >= 0.6 is 23.1 Å². The van der Waals surface area contributed by atoms with Crippen molar-refractivity contribution < 1.29 is 28.6 Å². The van der Waals surface area contributed by atoms with Crippen LogP contribution < -0.4 is 14.8 Å². The minimum atomic E-state index is -0.634. The predicted molar refractivity (Wildman–Crippen MR) is 150 cm³/mol. The SMILES string of the molecule is C=CCn1c(SCC(=O)Nc2sc(C(=O)N(C)C)c(C)c2C(=O)OC)nnc1C(C)Oc1ccc(OC)cc1. The van der Waals surface area contributed by atoms with E-state index in [1.807, 2.05) is 11.5 Å². The summed E-state index contributed by atoms with van der Waals surface area (Å²) < 4.78 is 17.9. The summed E-state index contributed by atoms with van der Waals surface area (Å²) in [6.07, 6.45) is 1.27. The van der Waals surface area contributed by atoms with E-state index in [1.165, 1.54) is 23.8 Å². The summed E-state index contributed by atoms with van der Waals surface area (Å²) in [7, 11) is 6.08. The molecule has 208 valence electrons. The molecule has 1 aromatic carbocycles. The standard InChI is InChI=1S/C26H31N5O6S2/c1-8-13-31-22(16(3)37-18-11-9-17(35-6)10-12-18)28-29-26(31)38-14-19(32)27-23-20(25(34)36-7)15(2)21(39-23)24(33)30(4)5/h8-12,16H,1,13-14H2,2-7H3,(H,27,32). The Hall–Kier alpha value is -3.84. The molecule has 0 bridgehead atoms. The number of carbonyl (C=O) groups is 3. The number of benzene rings is 1. The number of hydrogen-bond acceptors (Lipinski definition) is 10. The van der Waals surface area contributed by atoms with Gasteiger partial charge in [0, 0.05) is 20.6 Å². The van der Waals surface area contributed by atoms with Gasteiger partial charge in [-0.1, -0.05) is 17.8 Å². The number of amides is 2. The Bertz CT molecular complexity index is 1350. The molecule has 2 amide bonds. The highest BCUT2D eigenvalue weighted by Gasteiger charge is 2.27. The second-order valence-electron chi connectivity index (χ2n) is 8.46. The van der Waals surface area contributed by atoms with E-state index >= 15 is 0 Å². The summed E-state index contributed by atoms with van der Waals surface area (Å²) in [6, 6.07) is 7.21. The Morgan fingerprint density at radius 2 is 1.85 bits per heavy atom. The first kappa shape index (κ1) is 29.7. The van der Waals surface area contributed by atoms with Crippen LogP contribution in [0.3, 0.4) is 0 Å². The number of allylic oxidation sites excluding steroid dienone is 1. The number of thioether (sulfide) groups is 1. The average molecular weight is 574 g/mol. The molecule has 0 fully saturated rings. The van der Waals surface area contributed by atoms with Crippen LogP contribution in [-0.4, -0.2) is 71.5 Å². The second kappa shape index (κ2) is 13.3. The van der Waals surface area contributed by atoms with Crippen molar-refractivity contribution in [3.8, 4) is 11.5 Å². The third-order valence-electron chi connectivity index (χ3n) is 5.52. The quantitative estimate of drug-likeness (QED) is 0.193. The van der Waals surface area contributed by atoms with Gasteiger partial charge in [0.2, 0.25) is 5.91 Å². The molecule has 2 heterocycles. The maximum Gasteiger partial charge on any atom is 0.341 e. The summed E-state index contributed by atoms with van der Waals surface area (Å²) in [4.78, 5) is 39.6. The molecule has 3 aromatic rings. The Morgan fingerprint density at radius 1 is 1.18 bits per heavy atom. The van der Waals surface area contributed by atoms with E-state index in [0.717, 1.165) is 17.1 Å². The lowest BCUT2D eigenvalue weighted by Gasteiger charge is -2.16. The molecule has 1 N–H and O–H groups in total. The number of aromatic nitrogens is 3. The molecule has 0 aliphatic rings. The first-order chi connectivity index (χ1) is 18.6. The van der Waals surface area contributed by atoms with Crippen molar-refractivity contribution >= 4 is 45.9 Å². The first-order valence-electron chi connectivity index (χ1n) is 11.8. The monoisotopic (exact) mass is 573 g/mol. The van der Waals surface area contributed by atoms with Crippen LogP contribution in [0.25, 0.3) is 0 Å². The van der Waals surface area contributed by atoms with Gasteiger partial charge in [-0.3, -0.25) is 14.2 Å². The van der Waals surface area contributed by atoms with Crippen molar-refractivity contribution in [2.75, 3.05) is 39.4 Å². The molecule has 1 atom stereocenters. The lowest BCUT2D eigenvalue weighted by molar-refractivity contribution is -0.113. The molecule has 0 saturated carbocycles. The molecule has 3 rings (SSSR count). The molecule has 0 radical (unpaired) electrons. The van der Waals surface area contributed by atoms with Gasteiger partial charge in [0.1, 0.15) is 16.5 Å². The highest BCUT2D eigenvalue weighted by Crippen LogP contribution is 2.35. The van der Waals surface area contributed by atoms with Gasteiger partial charge in [0.05, 0.1) is 30.4 Å². The maximum absolute atomic E-state index is 12.9. The molecule has 0 aliphatic heterocycles. The number of nitrogens with one attached hydrogen (secondary N) is 1. The fourth-order valence-corrected chi connectivity index (χ4v) is 5.56. The summed E-state index contributed by atoms with van der Waals surface area (Å²) >= 11 is 2.21. The lowest BCUT2D eigenvalue weighted by atomic mass is 10.1. The first-order valence-corrected chi connectivity index (χ1v) is 13.6. The third-order valence-corrected chi connectivity index (χ3v) is 7.68. The molecule has 0 aliphatic carbocycles. The number of esters is 1. The molecule has 11 nitrogen and oxygen atoms in total. The molecule has 2 aromatic heterocycles. The van der Waals surface area contributed by atoms with Crippen LogP contribution in [0, 0.1) is 6.92 Å². The van der Waals surface area contributed by atoms with Crippen LogP contribution in [0.15, 0.2) is 42.1 Å². The Balaban J connectivity index is 1.74.